The molecule has 0 aliphatic carbocycles. The molecule has 0 N–H and O–H groups in total. The lowest BCUT2D eigenvalue weighted by atomic mass is 9.99. The Kier molecular flexibility index (Phi) is 3.13. The van der Waals surface area contributed by atoms with Crippen LogP contribution < -0.4 is 0 Å². The minimum Gasteiger partial charge on any atom is -0.231 e. The maximum Gasteiger partial charge on any atom is 0.155 e. The standard InChI is InChI=1S/C16H16BrN3/c1-9-7-11(3)13(8-10(9)2)14-5-6-15-18-12(4)16(17)20(15)19-14/h5-8H,1-4H3. The Hall–Kier alpha value is -1.68. The molecule has 102 valence electrons. The van der Waals surface area contributed by atoms with Gasteiger partial charge in [-0.25, -0.2) is 9.50 Å². The van der Waals surface area contributed by atoms with Crippen LogP contribution in [0.2, 0.25) is 0 Å². The van der Waals surface area contributed by atoms with Gasteiger partial charge in [-0.1, -0.05) is 6.07 Å². The van der Waals surface area contributed by atoms with Crippen LogP contribution in [0.1, 0.15) is 22.4 Å². The largest absolute Gasteiger partial charge is 0.231 e. The van der Waals surface area contributed by atoms with E-state index in [9.17, 15) is 0 Å². The number of fused-ring (bicyclic) bond motifs is 1. The van der Waals surface area contributed by atoms with Gasteiger partial charge in [-0.15, -0.1) is 0 Å². The summed E-state index contributed by atoms with van der Waals surface area (Å²) in [5, 5.41) is 4.70. The fraction of sp³-hybridized carbons (Fsp3) is 0.250. The van der Waals surface area contributed by atoms with Crippen molar-refractivity contribution in [1.82, 2.24) is 14.6 Å². The minimum absolute atomic E-state index is 0.861. The van der Waals surface area contributed by atoms with E-state index in [1.165, 1.54) is 22.3 Å². The molecule has 2 aromatic heterocycles. The Morgan fingerprint density at radius 2 is 1.65 bits per heavy atom. The van der Waals surface area contributed by atoms with Crippen molar-refractivity contribution >= 4 is 21.6 Å². The van der Waals surface area contributed by atoms with Crippen molar-refractivity contribution in [3.63, 3.8) is 0 Å². The number of nitrogens with zero attached hydrogens (tertiary/aromatic N) is 3. The first kappa shape index (κ1) is 13.3. The molecule has 3 nitrogen and oxygen atoms in total. The monoisotopic (exact) mass is 329 g/mol. The van der Waals surface area contributed by atoms with Crippen molar-refractivity contribution in [2.75, 3.05) is 0 Å². The number of aromatic nitrogens is 3. The van der Waals surface area contributed by atoms with Crippen LogP contribution in [0.4, 0.5) is 0 Å². The van der Waals surface area contributed by atoms with Gasteiger partial charge in [0, 0.05) is 5.56 Å². The molecular weight excluding hydrogens is 314 g/mol. The molecule has 0 bridgehead atoms. The fourth-order valence-electron chi connectivity index (χ4n) is 2.40. The SMILES string of the molecule is Cc1cc(C)c(-c2ccc3nc(C)c(Br)n3n2)cc1C. The van der Waals surface area contributed by atoms with Gasteiger partial charge in [0.1, 0.15) is 4.60 Å². The molecule has 0 atom stereocenters. The molecule has 0 saturated carbocycles. The van der Waals surface area contributed by atoms with Crippen LogP contribution >= 0.6 is 15.9 Å². The van der Waals surface area contributed by atoms with Crippen molar-refractivity contribution in [3.05, 3.63) is 51.3 Å². The molecule has 0 radical (unpaired) electrons. The number of aryl methyl sites for hydroxylation is 4. The van der Waals surface area contributed by atoms with Gasteiger partial charge < -0.3 is 0 Å². The normalized spacial score (nSPS) is 11.2. The van der Waals surface area contributed by atoms with Crippen LogP contribution in [0.3, 0.4) is 0 Å². The van der Waals surface area contributed by atoms with Crippen molar-refractivity contribution < 1.29 is 0 Å². The number of rotatable bonds is 1. The maximum atomic E-state index is 4.70. The number of hydrogen-bond acceptors (Lipinski definition) is 2. The maximum absolute atomic E-state index is 4.70. The summed E-state index contributed by atoms with van der Waals surface area (Å²) in [5.74, 6) is 0. The van der Waals surface area contributed by atoms with Gasteiger partial charge in [-0.05, 0) is 78.5 Å². The first-order chi connectivity index (χ1) is 9.47. The predicted molar refractivity (Wildman–Crippen MR) is 85.1 cm³/mol. The molecule has 2 heterocycles. The molecule has 0 spiro atoms. The second-order valence-electron chi connectivity index (χ2n) is 5.23. The minimum atomic E-state index is 0.861. The van der Waals surface area contributed by atoms with Gasteiger partial charge in [-0.3, -0.25) is 0 Å². The van der Waals surface area contributed by atoms with Gasteiger partial charge >= 0.3 is 0 Å². The second-order valence-corrected chi connectivity index (χ2v) is 5.98. The zero-order chi connectivity index (χ0) is 14.4. The molecule has 1 aromatic carbocycles. The average molecular weight is 330 g/mol. The average Bonchev–Trinajstić information content (AvgIpc) is 2.69. The Morgan fingerprint density at radius 1 is 0.950 bits per heavy atom. The second kappa shape index (κ2) is 4.70. The molecule has 0 saturated heterocycles. The van der Waals surface area contributed by atoms with E-state index in [2.05, 4.69) is 53.8 Å². The summed E-state index contributed by atoms with van der Waals surface area (Å²) in [6, 6.07) is 8.46. The third-order valence-electron chi connectivity index (χ3n) is 3.70. The third kappa shape index (κ3) is 2.04. The smallest absolute Gasteiger partial charge is 0.155 e. The first-order valence-electron chi connectivity index (χ1n) is 6.57. The van der Waals surface area contributed by atoms with Crippen LogP contribution in [-0.2, 0) is 0 Å². The van der Waals surface area contributed by atoms with E-state index in [4.69, 9.17) is 5.10 Å². The highest BCUT2D eigenvalue weighted by Gasteiger charge is 2.10. The van der Waals surface area contributed by atoms with E-state index in [0.717, 1.165) is 21.6 Å². The first-order valence-corrected chi connectivity index (χ1v) is 7.37. The third-order valence-corrected chi connectivity index (χ3v) is 4.61. The van der Waals surface area contributed by atoms with Crippen molar-refractivity contribution in [3.8, 4) is 11.3 Å². The van der Waals surface area contributed by atoms with E-state index in [1.54, 1.807) is 0 Å². The molecule has 0 aliphatic rings. The van der Waals surface area contributed by atoms with E-state index in [0.29, 0.717) is 0 Å². The molecule has 0 aliphatic heterocycles. The van der Waals surface area contributed by atoms with Crippen molar-refractivity contribution in [2.45, 2.75) is 27.7 Å². The summed E-state index contributed by atoms with van der Waals surface area (Å²) in [7, 11) is 0. The molecule has 0 amide bonds. The Bertz CT molecular complexity index is 818. The van der Waals surface area contributed by atoms with Gasteiger partial charge in [0.05, 0.1) is 11.4 Å². The molecular formula is C16H16BrN3. The molecule has 20 heavy (non-hydrogen) atoms. The van der Waals surface area contributed by atoms with Gasteiger partial charge in [-0.2, -0.15) is 5.10 Å². The fourth-order valence-corrected chi connectivity index (χ4v) is 2.75. The van der Waals surface area contributed by atoms with Crippen LogP contribution in [-0.4, -0.2) is 14.6 Å². The van der Waals surface area contributed by atoms with Crippen LogP contribution in [0.15, 0.2) is 28.9 Å². The van der Waals surface area contributed by atoms with E-state index in [-0.39, 0.29) is 0 Å². The lowest BCUT2D eigenvalue weighted by Gasteiger charge is -2.09. The molecule has 0 fully saturated rings. The zero-order valence-electron chi connectivity index (χ0n) is 12.0. The topological polar surface area (TPSA) is 30.2 Å². The van der Waals surface area contributed by atoms with Crippen molar-refractivity contribution in [2.24, 2.45) is 0 Å². The number of imidazole rings is 1. The number of halogens is 1. The lowest BCUT2D eigenvalue weighted by Crippen LogP contribution is -1.97. The summed E-state index contributed by atoms with van der Waals surface area (Å²) in [6.45, 7) is 8.37. The predicted octanol–water partition coefficient (Wildman–Crippen LogP) is 4.39. The molecule has 4 heteroatoms. The lowest BCUT2D eigenvalue weighted by molar-refractivity contribution is 0.918. The van der Waals surface area contributed by atoms with Crippen LogP contribution in [0.25, 0.3) is 16.9 Å². The highest BCUT2D eigenvalue weighted by atomic mass is 79.9. The number of hydrogen-bond donors (Lipinski definition) is 0. The summed E-state index contributed by atoms with van der Waals surface area (Å²) in [6.07, 6.45) is 0. The van der Waals surface area contributed by atoms with E-state index < -0.39 is 0 Å². The molecule has 3 aromatic rings. The summed E-state index contributed by atoms with van der Waals surface area (Å²) in [5.41, 5.74) is 7.80. The summed E-state index contributed by atoms with van der Waals surface area (Å²) >= 11 is 3.54. The molecule has 3 rings (SSSR count). The Balaban J connectivity index is 2.24. The summed E-state index contributed by atoms with van der Waals surface area (Å²) in [4.78, 5) is 4.46. The quantitative estimate of drug-likeness (QED) is 0.662. The van der Waals surface area contributed by atoms with Crippen LogP contribution in [0, 0.1) is 27.7 Å². The van der Waals surface area contributed by atoms with Crippen LogP contribution in [0.5, 0.6) is 0 Å². The highest BCUT2D eigenvalue weighted by Crippen LogP contribution is 2.26. The van der Waals surface area contributed by atoms with E-state index in [1.807, 2.05) is 23.6 Å². The summed E-state index contributed by atoms with van der Waals surface area (Å²) < 4.78 is 2.76. The van der Waals surface area contributed by atoms with Gasteiger partial charge in [0.2, 0.25) is 0 Å². The number of benzene rings is 1. The Labute approximate surface area is 126 Å². The zero-order valence-corrected chi connectivity index (χ0v) is 13.6. The van der Waals surface area contributed by atoms with Gasteiger partial charge in [0.15, 0.2) is 5.65 Å². The van der Waals surface area contributed by atoms with E-state index >= 15 is 0 Å². The highest BCUT2D eigenvalue weighted by molar-refractivity contribution is 9.10. The van der Waals surface area contributed by atoms with Gasteiger partial charge in [0.25, 0.3) is 0 Å². The molecule has 0 unspecified atom stereocenters. The van der Waals surface area contributed by atoms with Crippen molar-refractivity contribution in [1.29, 1.82) is 0 Å². The Morgan fingerprint density at radius 3 is 2.40 bits per heavy atom.